The number of benzene rings is 2. The molecular formula is C20H15ClN2O2. The fourth-order valence-corrected chi connectivity index (χ4v) is 3.24. The van der Waals surface area contributed by atoms with Crippen LogP contribution in [0.4, 0.5) is 5.69 Å². The Labute approximate surface area is 150 Å². The SMILES string of the molecule is O=C(c1cccnc1Cl)N1c2ccccc2OCC1c1ccccc1. The van der Waals surface area contributed by atoms with Crippen molar-refractivity contribution in [1.82, 2.24) is 4.98 Å². The highest BCUT2D eigenvalue weighted by Gasteiger charge is 2.34. The number of aromatic nitrogens is 1. The molecular weight excluding hydrogens is 336 g/mol. The molecule has 1 amide bonds. The van der Waals surface area contributed by atoms with Crippen LogP contribution in [-0.4, -0.2) is 17.5 Å². The Bertz CT molecular complexity index is 914. The second-order valence-corrected chi connectivity index (χ2v) is 6.08. The van der Waals surface area contributed by atoms with Gasteiger partial charge in [0.25, 0.3) is 5.91 Å². The van der Waals surface area contributed by atoms with E-state index >= 15 is 0 Å². The summed E-state index contributed by atoms with van der Waals surface area (Å²) in [4.78, 5) is 19.1. The van der Waals surface area contributed by atoms with Crippen LogP contribution in [-0.2, 0) is 0 Å². The van der Waals surface area contributed by atoms with E-state index in [2.05, 4.69) is 4.98 Å². The standard InChI is InChI=1S/C20H15ClN2O2/c21-19-15(9-6-12-22-19)20(24)23-16-10-4-5-11-18(16)25-13-17(23)14-7-2-1-3-8-14/h1-12,17H,13H2. The van der Waals surface area contributed by atoms with Gasteiger partial charge in [-0.05, 0) is 29.8 Å². The van der Waals surface area contributed by atoms with Gasteiger partial charge in [-0.3, -0.25) is 9.69 Å². The van der Waals surface area contributed by atoms with Crippen LogP contribution in [0.15, 0.2) is 72.9 Å². The van der Waals surface area contributed by atoms with Gasteiger partial charge in [0.1, 0.15) is 17.5 Å². The van der Waals surface area contributed by atoms with Crippen molar-refractivity contribution < 1.29 is 9.53 Å². The fraction of sp³-hybridized carbons (Fsp3) is 0.100. The Morgan fingerprint density at radius 3 is 2.60 bits per heavy atom. The molecule has 0 saturated carbocycles. The van der Waals surface area contributed by atoms with E-state index in [9.17, 15) is 4.79 Å². The Morgan fingerprint density at radius 2 is 1.80 bits per heavy atom. The topological polar surface area (TPSA) is 42.4 Å². The van der Waals surface area contributed by atoms with Crippen molar-refractivity contribution in [2.45, 2.75) is 6.04 Å². The zero-order chi connectivity index (χ0) is 17.2. The van der Waals surface area contributed by atoms with Crippen LogP contribution >= 0.6 is 11.6 Å². The summed E-state index contributed by atoms with van der Waals surface area (Å²) in [5, 5.41) is 0.197. The number of hydrogen-bond donors (Lipinski definition) is 0. The average Bonchev–Trinajstić information content (AvgIpc) is 2.67. The number of amides is 1. The zero-order valence-electron chi connectivity index (χ0n) is 13.3. The van der Waals surface area contributed by atoms with E-state index < -0.39 is 0 Å². The predicted octanol–water partition coefficient (Wildman–Crippen LogP) is 4.52. The zero-order valence-corrected chi connectivity index (χ0v) is 14.1. The number of halogens is 1. The molecule has 5 heteroatoms. The number of para-hydroxylation sites is 2. The Kier molecular flexibility index (Phi) is 4.12. The van der Waals surface area contributed by atoms with E-state index in [-0.39, 0.29) is 17.1 Å². The van der Waals surface area contributed by atoms with Gasteiger partial charge in [0.15, 0.2) is 0 Å². The van der Waals surface area contributed by atoms with Crippen molar-refractivity contribution in [3.05, 3.63) is 89.2 Å². The lowest BCUT2D eigenvalue weighted by atomic mass is 10.0. The number of fused-ring (bicyclic) bond motifs is 1. The number of nitrogens with zero attached hydrogens (tertiary/aromatic N) is 2. The highest BCUT2D eigenvalue weighted by atomic mass is 35.5. The molecule has 2 aromatic carbocycles. The fourth-order valence-electron chi connectivity index (χ4n) is 3.04. The maximum atomic E-state index is 13.3. The van der Waals surface area contributed by atoms with Gasteiger partial charge >= 0.3 is 0 Å². The minimum Gasteiger partial charge on any atom is -0.489 e. The molecule has 1 aliphatic heterocycles. The average molecular weight is 351 g/mol. The number of carbonyl (C=O) groups excluding carboxylic acids is 1. The number of rotatable bonds is 2. The number of anilines is 1. The molecule has 0 aliphatic carbocycles. The maximum Gasteiger partial charge on any atom is 0.262 e. The minimum absolute atomic E-state index is 0.192. The van der Waals surface area contributed by atoms with E-state index in [0.29, 0.717) is 17.9 Å². The van der Waals surface area contributed by atoms with Gasteiger partial charge in [-0.15, -0.1) is 0 Å². The van der Waals surface area contributed by atoms with Gasteiger partial charge in [-0.1, -0.05) is 54.1 Å². The lowest BCUT2D eigenvalue weighted by Gasteiger charge is -2.37. The van der Waals surface area contributed by atoms with Crippen molar-refractivity contribution in [2.24, 2.45) is 0 Å². The molecule has 2 heterocycles. The maximum absolute atomic E-state index is 13.3. The summed E-state index contributed by atoms with van der Waals surface area (Å²) in [5.74, 6) is 0.491. The van der Waals surface area contributed by atoms with Crippen LogP contribution in [0.3, 0.4) is 0 Å². The van der Waals surface area contributed by atoms with Crippen molar-refractivity contribution in [2.75, 3.05) is 11.5 Å². The quantitative estimate of drug-likeness (QED) is 0.638. The molecule has 0 spiro atoms. The van der Waals surface area contributed by atoms with E-state index in [1.807, 2.05) is 54.6 Å². The first-order chi connectivity index (χ1) is 12.3. The summed E-state index contributed by atoms with van der Waals surface area (Å²) in [6.07, 6.45) is 1.57. The molecule has 25 heavy (non-hydrogen) atoms. The van der Waals surface area contributed by atoms with Gasteiger partial charge < -0.3 is 4.74 Å². The molecule has 0 N–H and O–H groups in total. The molecule has 0 radical (unpaired) electrons. The lowest BCUT2D eigenvalue weighted by Crippen LogP contribution is -2.41. The monoisotopic (exact) mass is 350 g/mol. The van der Waals surface area contributed by atoms with Crippen molar-refractivity contribution in [1.29, 1.82) is 0 Å². The van der Waals surface area contributed by atoms with Crippen LogP contribution < -0.4 is 9.64 Å². The Balaban J connectivity index is 1.84. The van der Waals surface area contributed by atoms with E-state index in [0.717, 1.165) is 11.3 Å². The molecule has 124 valence electrons. The van der Waals surface area contributed by atoms with Crippen molar-refractivity contribution in [3.63, 3.8) is 0 Å². The van der Waals surface area contributed by atoms with E-state index in [1.54, 1.807) is 23.2 Å². The first-order valence-electron chi connectivity index (χ1n) is 7.96. The summed E-state index contributed by atoms with van der Waals surface area (Å²) < 4.78 is 5.89. The third kappa shape index (κ3) is 2.85. The van der Waals surface area contributed by atoms with Gasteiger partial charge in [0, 0.05) is 6.20 Å². The second kappa shape index (κ2) is 6.57. The number of hydrogen-bond acceptors (Lipinski definition) is 3. The van der Waals surface area contributed by atoms with E-state index in [4.69, 9.17) is 16.3 Å². The Morgan fingerprint density at radius 1 is 1.04 bits per heavy atom. The van der Waals surface area contributed by atoms with Gasteiger partial charge in [-0.25, -0.2) is 4.98 Å². The summed E-state index contributed by atoms with van der Waals surface area (Å²) in [7, 11) is 0. The molecule has 1 aromatic heterocycles. The number of pyridine rings is 1. The summed E-state index contributed by atoms with van der Waals surface area (Å²) >= 11 is 6.17. The summed E-state index contributed by atoms with van der Waals surface area (Å²) in [5.41, 5.74) is 2.11. The van der Waals surface area contributed by atoms with Crippen molar-refractivity contribution >= 4 is 23.2 Å². The predicted molar refractivity (Wildman–Crippen MR) is 97.2 cm³/mol. The highest BCUT2D eigenvalue weighted by molar-refractivity contribution is 6.33. The second-order valence-electron chi connectivity index (χ2n) is 5.72. The minimum atomic E-state index is -0.236. The summed E-state index contributed by atoms with van der Waals surface area (Å²) in [6, 6.07) is 20.5. The highest BCUT2D eigenvalue weighted by Crippen LogP contribution is 2.40. The van der Waals surface area contributed by atoms with Gasteiger partial charge in [0.2, 0.25) is 0 Å². The molecule has 1 atom stereocenters. The smallest absolute Gasteiger partial charge is 0.262 e. The molecule has 4 nitrogen and oxygen atoms in total. The largest absolute Gasteiger partial charge is 0.489 e. The summed E-state index contributed by atoms with van der Waals surface area (Å²) in [6.45, 7) is 0.380. The molecule has 0 fully saturated rings. The van der Waals surface area contributed by atoms with Crippen LogP contribution in [0.2, 0.25) is 5.15 Å². The third-order valence-electron chi connectivity index (χ3n) is 4.23. The molecule has 1 aliphatic rings. The molecule has 4 rings (SSSR count). The molecule has 0 bridgehead atoms. The third-order valence-corrected chi connectivity index (χ3v) is 4.53. The normalized spacial score (nSPS) is 16.0. The number of carbonyl (C=O) groups is 1. The number of ether oxygens (including phenoxy) is 1. The van der Waals surface area contributed by atoms with Crippen LogP contribution in [0.1, 0.15) is 22.0 Å². The van der Waals surface area contributed by atoms with Gasteiger partial charge in [0.05, 0.1) is 17.3 Å². The van der Waals surface area contributed by atoms with Gasteiger partial charge in [-0.2, -0.15) is 0 Å². The molecule has 0 saturated heterocycles. The van der Waals surface area contributed by atoms with Crippen LogP contribution in [0.25, 0.3) is 0 Å². The van der Waals surface area contributed by atoms with Crippen LogP contribution in [0, 0.1) is 0 Å². The lowest BCUT2D eigenvalue weighted by molar-refractivity contribution is 0.0956. The van der Waals surface area contributed by atoms with E-state index in [1.165, 1.54) is 0 Å². The Hall–Kier alpha value is -2.85. The first-order valence-corrected chi connectivity index (χ1v) is 8.34. The molecule has 1 unspecified atom stereocenters. The molecule has 3 aromatic rings. The first kappa shape index (κ1) is 15.7. The van der Waals surface area contributed by atoms with Crippen LogP contribution in [0.5, 0.6) is 5.75 Å². The van der Waals surface area contributed by atoms with Crippen molar-refractivity contribution in [3.8, 4) is 5.75 Å².